The van der Waals surface area contributed by atoms with Crippen LogP contribution in [0.2, 0.25) is 0 Å². The van der Waals surface area contributed by atoms with Crippen LogP contribution in [-0.4, -0.2) is 0 Å². The summed E-state index contributed by atoms with van der Waals surface area (Å²) in [6.45, 7) is 7.92. The first-order valence-electron chi connectivity index (χ1n) is 5.76. The lowest BCUT2D eigenvalue weighted by Crippen LogP contribution is -1.88. The Hall–Kier alpha value is -1.56. The first-order chi connectivity index (χ1) is 7.76. The number of allylic oxidation sites excluding steroid dienone is 11. The monoisotopic (exact) mass is 212 g/mol. The topological polar surface area (TPSA) is 0 Å². The highest BCUT2D eigenvalue weighted by Crippen LogP contribution is 2.19. The fourth-order valence-electron chi connectivity index (χ4n) is 1.59. The Morgan fingerprint density at radius 2 is 2.06 bits per heavy atom. The van der Waals surface area contributed by atoms with Crippen LogP contribution in [-0.2, 0) is 0 Å². The number of hydrogen-bond acceptors (Lipinski definition) is 0. The molecule has 0 radical (unpaired) electrons. The summed E-state index contributed by atoms with van der Waals surface area (Å²) in [5, 5.41) is 0. The van der Waals surface area contributed by atoms with E-state index in [-0.39, 0.29) is 0 Å². The fraction of sp³-hybridized carbons (Fsp3) is 0.250. The van der Waals surface area contributed by atoms with Crippen molar-refractivity contribution in [3.8, 4) is 0 Å². The molecule has 16 heavy (non-hydrogen) atoms. The maximum absolute atomic E-state index is 3.72. The van der Waals surface area contributed by atoms with E-state index in [2.05, 4.69) is 43.9 Å². The standard InChI is InChI=1S/C16H20/c1-4-6-15(7-5-2)12-13-16-10-8-14(3)9-11-16/h4-8,10,12-13H,1,9,11H2,2-3H3/b7-5-,13-12+,15-6+. The van der Waals surface area contributed by atoms with Crippen LogP contribution in [0, 0.1) is 0 Å². The Morgan fingerprint density at radius 3 is 2.62 bits per heavy atom. The molecule has 0 saturated heterocycles. The second-order valence-electron chi connectivity index (χ2n) is 3.99. The molecule has 0 fully saturated rings. The van der Waals surface area contributed by atoms with Crippen molar-refractivity contribution in [2.75, 3.05) is 0 Å². The highest BCUT2D eigenvalue weighted by molar-refractivity contribution is 5.39. The van der Waals surface area contributed by atoms with Gasteiger partial charge in [0.15, 0.2) is 0 Å². The lowest BCUT2D eigenvalue weighted by Gasteiger charge is -2.07. The summed E-state index contributed by atoms with van der Waals surface area (Å²) in [6.07, 6.45) is 19.0. The van der Waals surface area contributed by atoms with Gasteiger partial charge in [0, 0.05) is 0 Å². The minimum Gasteiger partial charge on any atom is -0.0990 e. The molecule has 1 aliphatic rings. The molecule has 0 unspecified atom stereocenters. The van der Waals surface area contributed by atoms with Gasteiger partial charge in [0.25, 0.3) is 0 Å². The molecule has 0 spiro atoms. The van der Waals surface area contributed by atoms with Gasteiger partial charge in [-0.15, -0.1) is 0 Å². The van der Waals surface area contributed by atoms with E-state index in [1.54, 1.807) is 0 Å². The Bertz CT molecular complexity index is 384. The zero-order valence-corrected chi connectivity index (χ0v) is 10.2. The number of hydrogen-bond donors (Lipinski definition) is 0. The first kappa shape index (κ1) is 12.5. The quantitative estimate of drug-likeness (QED) is 0.581. The molecule has 84 valence electrons. The smallest absolute Gasteiger partial charge is 0.0241 e. The minimum atomic E-state index is 1.15. The van der Waals surface area contributed by atoms with Crippen molar-refractivity contribution in [3.05, 3.63) is 71.9 Å². The van der Waals surface area contributed by atoms with Crippen LogP contribution in [0.1, 0.15) is 26.7 Å². The van der Waals surface area contributed by atoms with Crippen molar-refractivity contribution < 1.29 is 0 Å². The molecule has 0 atom stereocenters. The molecule has 0 saturated carbocycles. The highest BCUT2D eigenvalue weighted by Gasteiger charge is 1.99. The van der Waals surface area contributed by atoms with Gasteiger partial charge in [-0.25, -0.2) is 0 Å². The maximum Gasteiger partial charge on any atom is -0.0241 e. The predicted molar refractivity (Wildman–Crippen MR) is 73.3 cm³/mol. The van der Waals surface area contributed by atoms with E-state index in [0.717, 1.165) is 6.42 Å². The van der Waals surface area contributed by atoms with Gasteiger partial charge in [-0.3, -0.25) is 0 Å². The molecule has 0 aromatic carbocycles. The van der Waals surface area contributed by atoms with Gasteiger partial charge in [-0.05, 0) is 37.8 Å². The molecule has 0 amide bonds. The molecule has 1 rings (SSSR count). The normalized spacial score (nSPS) is 17.8. The molecule has 0 aliphatic heterocycles. The van der Waals surface area contributed by atoms with Crippen LogP contribution in [0.25, 0.3) is 0 Å². The van der Waals surface area contributed by atoms with Gasteiger partial charge >= 0.3 is 0 Å². The van der Waals surface area contributed by atoms with Gasteiger partial charge in [-0.1, -0.05) is 60.8 Å². The van der Waals surface area contributed by atoms with Crippen LogP contribution in [0.4, 0.5) is 0 Å². The summed E-state index contributed by atoms with van der Waals surface area (Å²) in [4.78, 5) is 0. The third-order valence-corrected chi connectivity index (χ3v) is 2.55. The second-order valence-corrected chi connectivity index (χ2v) is 3.99. The maximum atomic E-state index is 3.72. The van der Waals surface area contributed by atoms with E-state index < -0.39 is 0 Å². The Kier molecular flexibility index (Phi) is 5.35. The van der Waals surface area contributed by atoms with Crippen molar-refractivity contribution in [2.45, 2.75) is 26.7 Å². The van der Waals surface area contributed by atoms with Gasteiger partial charge in [0.2, 0.25) is 0 Å². The molecule has 0 heterocycles. The molecule has 0 aromatic heterocycles. The van der Waals surface area contributed by atoms with Crippen LogP contribution in [0.15, 0.2) is 71.9 Å². The largest absolute Gasteiger partial charge is 0.0990 e. The van der Waals surface area contributed by atoms with Gasteiger partial charge < -0.3 is 0 Å². The zero-order valence-electron chi connectivity index (χ0n) is 10.2. The van der Waals surface area contributed by atoms with E-state index in [1.807, 2.05) is 25.2 Å². The van der Waals surface area contributed by atoms with Gasteiger partial charge in [-0.2, -0.15) is 0 Å². The molecular formula is C16H20. The average molecular weight is 212 g/mol. The van der Waals surface area contributed by atoms with Crippen LogP contribution in [0.3, 0.4) is 0 Å². The van der Waals surface area contributed by atoms with Crippen molar-refractivity contribution in [3.63, 3.8) is 0 Å². The number of rotatable bonds is 4. The van der Waals surface area contributed by atoms with E-state index >= 15 is 0 Å². The van der Waals surface area contributed by atoms with Gasteiger partial charge in [0.05, 0.1) is 0 Å². The summed E-state index contributed by atoms with van der Waals surface area (Å²) >= 11 is 0. The molecule has 0 bridgehead atoms. The van der Waals surface area contributed by atoms with Crippen LogP contribution in [0.5, 0.6) is 0 Å². The SMILES string of the molecule is C=C/C=C(\C=C/C)/C=C/C1=CC=C(C)CC1. The molecule has 0 aromatic rings. The van der Waals surface area contributed by atoms with Crippen molar-refractivity contribution in [1.29, 1.82) is 0 Å². The fourth-order valence-corrected chi connectivity index (χ4v) is 1.59. The van der Waals surface area contributed by atoms with Crippen molar-refractivity contribution >= 4 is 0 Å². The molecule has 0 heteroatoms. The van der Waals surface area contributed by atoms with E-state index in [9.17, 15) is 0 Å². The third-order valence-electron chi connectivity index (χ3n) is 2.55. The molecule has 0 N–H and O–H groups in total. The van der Waals surface area contributed by atoms with Crippen molar-refractivity contribution in [1.82, 2.24) is 0 Å². The minimum absolute atomic E-state index is 1.15. The average Bonchev–Trinajstić information content (AvgIpc) is 2.29. The molecule has 0 nitrogen and oxygen atoms in total. The predicted octanol–water partition coefficient (Wildman–Crippen LogP) is 4.90. The summed E-state index contributed by atoms with van der Waals surface area (Å²) < 4.78 is 0. The van der Waals surface area contributed by atoms with E-state index in [4.69, 9.17) is 0 Å². The highest BCUT2D eigenvalue weighted by atomic mass is 14.0. The molecule has 1 aliphatic carbocycles. The second kappa shape index (κ2) is 6.84. The first-order valence-corrected chi connectivity index (χ1v) is 5.76. The lowest BCUT2D eigenvalue weighted by atomic mass is 9.98. The summed E-state index contributed by atoms with van der Waals surface area (Å²) in [5.74, 6) is 0. The Balaban J connectivity index is 2.72. The zero-order chi connectivity index (χ0) is 11.8. The van der Waals surface area contributed by atoms with E-state index in [0.29, 0.717) is 0 Å². The van der Waals surface area contributed by atoms with Crippen molar-refractivity contribution in [2.24, 2.45) is 0 Å². The Morgan fingerprint density at radius 1 is 1.25 bits per heavy atom. The van der Waals surface area contributed by atoms with Crippen LogP contribution < -0.4 is 0 Å². The van der Waals surface area contributed by atoms with Gasteiger partial charge in [0.1, 0.15) is 0 Å². The summed E-state index contributed by atoms with van der Waals surface area (Å²) in [7, 11) is 0. The summed E-state index contributed by atoms with van der Waals surface area (Å²) in [5.41, 5.74) is 4.04. The van der Waals surface area contributed by atoms with Crippen LogP contribution >= 0.6 is 0 Å². The lowest BCUT2D eigenvalue weighted by molar-refractivity contribution is 0.927. The molecular weight excluding hydrogens is 192 g/mol. The Labute approximate surface area is 99.1 Å². The summed E-state index contributed by atoms with van der Waals surface area (Å²) in [6, 6.07) is 0. The van der Waals surface area contributed by atoms with E-state index in [1.165, 1.54) is 23.1 Å². The third kappa shape index (κ3) is 4.31.